The Hall–Kier alpha value is -5.46. The Morgan fingerprint density at radius 3 is 1.70 bits per heavy atom. The second-order valence-corrected chi connectivity index (χ2v) is 13.4. The Bertz CT molecular complexity index is 2230. The zero-order chi connectivity index (χ0) is 31.5. The summed E-state index contributed by atoms with van der Waals surface area (Å²) < 4.78 is 0. The second-order valence-electron chi connectivity index (χ2n) is 13.4. The van der Waals surface area contributed by atoms with Gasteiger partial charge in [-0.1, -0.05) is 175 Å². The van der Waals surface area contributed by atoms with Crippen LogP contribution in [0.5, 0.6) is 0 Å². The average Bonchev–Trinajstić information content (AvgIpc) is 3.69. The first-order chi connectivity index (χ1) is 23.1. The molecule has 0 heterocycles. The standard InChI is InChI=1S/C47H36/c1-31-20-25-40-41-26-21-32(2)29-43(41)46(42(40)28-31)47(37-15-5-3-6-16-37,38-17-7-4-8-18-38)44-27-24-34-14-11-19-39(45(34)44)36-23-22-33-12-9-10-13-35(33)30-36/h3-30,44,46H,1-2H3. The molecule has 0 saturated heterocycles. The van der Waals surface area contributed by atoms with Gasteiger partial charge in [0.05, 0.1) is 0 Å². The molecular weight excluding hydrogens is 565 g/mol. The number of hydrogen-bond acceptors (Lipinski definition) is 0. The highest BCUT2D eigenvalue weighted by atomic mass is 14.5. The SMILES string of the molecule is Cc1ccc2c(c1)C(C(c1ccccc1)(c1ccccc1)C1C=Cc3cccc(-c4ccc5ccccc5c4)c31)c1cc(C)ccc1-2. The van der Waals surface area contributed by atoms with Gasteiger partial charge in [0, 0.05) is 17.3 Å². The Morgan fingerprint density at radius 2 is 1.06 bits per heavy atom. The van der Waals surface area contributed by atoms with Gasteiger partial charge in [-0.15, -0.1) is 0 Å². The van der Waals surface area contributed by atoms with Crippen LogP contribution in [0.2, 0.25) is 0 Å². The summed E-state index contributed by atoms with van der Waals surface area (Å²) in [6, 6.07) is 59.5. The molecule has 0 spiro atoms. The monoisotopic (exact) mass is 600 g/mol. The third-order valence-electron chi connectivity index (χ3n) is 10.8. The minimum atomic E-state index is -0.432. The van der Waals surface area contributed by atoms with Crippen molar-refractivity contribution in [3.05, 3.63) is 208 Å². The quantitative estimate of drug-likeness (QED) is 0.184. The molecule has 0 nitrogen and oxygen atoms in total. The van der Waals surface area contributed by atoms with Crippen LogP contribution in [-0.2, 0) is 5.41 Å². The zero-order valence-electron chi connectivity index (χ0n) is 26.8. The molecule has 2 aliphatic rings. The highest BCUT2D eigenvalue weighted by Crippen LogP contribution is 2.63. The van der Waals surface area contributed by atoms with E-state index in [1.54, 1.807) is 0 Å². The molecule has 0 radical (unpaired) electrons. The Labute approximate surface area is 277 Å². The van der Waals surface area contributed by atoms with Crippen LogP contribution in [0.3, 0.4) is 0 Å². The van der Waals surface area contributed by atoms with Crippen molar-refractivity contribution < 1.29 is 0 Å². The third kappa shape index (κ3) is 4.21. The molecule has 0 aliphatic heterocycles. The molecule has 0 aromatic heterocycles. The molecular formula is C47H36. The van der Waals surface area contributed by atoms with Crippen LogP contribution in [0.15, 0.2) is 164 Å². The fourth-order valence-corrected chi connectivity index (χ4v) is 8.82. The maximum absolute atomic E-state index is 2.51. The van der Waals surface area contributed by atoms with Gasteiger partial charge in [0.15, 0.2) is 0 Å². The van der Waals surface area contributed by atoms with E-state index in [1.165, 1.54) is 77.5 Å². The van der Waals surface area contributed by atoms with Crippen LogP contribution in [-0.4, -0.2) is 0 Å². The van der Waals surface area contributed by atoms with Crippen LogP contribution in [0, 0.1) is 13.8 Å². The molecule has 7 aromatic rings. The number of hydrogen-bond donors (Lipinski definition) is 0. The maximum atomic E-state index is 2.51. The first-order valence-electron chi connectivity index (χ1n) is 16.8. The van der Waals surface area contributed by atoms with E-state index in [-0.39, 0.29) is 11.8 Å². The Kier molecular flexibility index (Phi) is 6.40. The molecule has 0 amide bonds. The van der Waals surface area contributed by atoms with Crippen LogP contribution in [0.25, 0.3) is 39.1 Å². The molecule has 9 rings (SSSR count). The van der Waals surface area contributed by atoms with Crippen molar-refractivity contribution in [3.8, 4) is 22.3 Å². The highest BCUT2D eigenvalue weighted by Gasteiger charge is 2.53. The maximum Gasteiger partial charge on any atom is 0.0415 e. The summed E-state index contributed by atoms with van der Waals surface area (Å²) in [7, 11) is 0. The Morgan fingerprint density at radius 1 is 0.468 bits per heavy atom. The smallest absolute Gasteiger partial charge is 0.0415 e. The van der Waals surface area contributed by atoms with E-state index in [2.05, 4.69) is 184 Å². The summed E-state index contributed by atoms with van der Waals surface area (Å²) in [6.45, 7) is 4.47. The largest absolute Gasteiger partial charge is 0.0751 e. The molecule has 0 N–H and O–H groups in total. The number of allylic oxidation sites excluding steroid dienone is 1. The van der Waals surface area contributed by atoms with E-state index in [4.69, 9.17) is 0 Å². The third-order valence-corrected chi connectivity index (χ3v) is 10.8. The fraction of sp³-hybridized carbons (Fsp3) is 0.106. The predicted molar refractivity (Wildman–Crippen MR) is 198 cm³/mol. The second kappa shape index (κ2) is 10.8. The van der Waals surface area contributed by atoms with E-state index in [9.17, 15) is 0 Å². The Balaban J connectivity index is 1.40. The van der Waals surface area contributed by atoms with Crippen molar-refractivity contribution in [3.63, 3.8) is 0 Å². The van der Waals surface area contributed by atoms with Crippen molar-refractivity contribution in [2.75, 3.05) is 0 Å². The normalized spacial score (nSPS) is 15.1. The van der Waals surface area contributed by atoms with Crippen LogP contribution in [0.4, 0.5) is 0 Å². The molecule has 7 aromatic carbocycles. The number of fused-ring (bicyclic) bond motifs is 5. The lowest BCUT2D eigenvalue weighted by molar-refractivity contribution is 0.417. The molecule has 1 unspecified atom stereocenters. The van der Waals surface area contributed by atoms with Gasteiger partial charge in [-0.25, -0.2) is 0 Å². The molecule has 0 fully saturated rings. The molecule has 47 heavy (non-hydrogen) atoms. The molecule has 2 aliphatic carbocycles. The lowest BCUT2D eigenvalue weighted by atomic mass is 9.55. The fourth-order valence-electron chi connectivity index (χ4n) is 8.82. The van der Waals surface area contributed by atoms with Crippen LogP contribution >= 0.6 is 0 Å². The van der Waals surface area contributed by atoms with E-state index >= 15 is 0 Å². The van der Waals surface area contributed by atoms with Gasteiger partial charge in [-0.05, 0) is 86.3 Å². The van der Waals surface area contributed by atoms with Crippen molar-refractivity contribution in [2.45, 2.75) is 31.1 Å². The minimum absolute atomic E-state index is 0.0785. The van der Waals surface area contributed by atoms with E-state index < -0.39 is 5.41 Å². The summed E-state index contributed by atoms with van der Waals surface area (Å²) >= 11 is 0. The summed E-state index contributed by atoms with van der Waals surface area (Å²) in [5, 5.41) is 2.54. The van der Waals surface area contributed by atoms with Gasteiger partial charge < -0.3 is 0 Å². The first kappa shape index (κ1) is 27.8. The average molecular weight is 601 g/mol. The van der Waals surface area contributed by atoms with Crippen LogP contribution < -0.4 is 0 Å². The molecule has 1 atom stereocenters. The summed E-state index contributed by atoms with van der Waals surface area (Å²) in [6.07, 6.45) is 4.90. The summed E-state index contributed by atoms with van der Waals surface area (Å²) in [5.41, 5.74) is 15.7. The topological polar surface area (TPSA) is 0 Å². The van der Waals surface area contributed by atoms with Crippen LogP contribution in [0.1, 0.15) is 56.3 Å². The summed E-state index contributed by atoms with van der Waals surface area (Å²) in [4.78, 5) is 0. The van der Waals surface area contributed by atoms with Crippen molar-refractivity contribution in [2.24, 2.45) is 0 Å². The van der Waals surface area contributed by atoms with E-state index in [1.807, 2.05) is 0 Å². The number of benzene rings is 7. The molecule has 224 valence electrons. The van der Waals surface area contributed by atoms with Gasteiger partial charge in [-0.3, -0.25) is 0 Å². The molecule has 0 bridgehead atoms. The molecule has 0 saturated carbocycles. The lowest BCUT2D eigenvalue weighted by Gasteiger charge is -2.46. The van der Waals surface area contributed by atoms with E-state index in [0.29, 0.717) is 0 Å². The van der Waals surface area contributed by atoms with Crippen molar-refractivity contribution in [1.82, 2.24) is 0 Å². The van der Waals surface area contributed by atoms with Gasteiger partial charge in [0.25, 0.3) is 0 Å². The zero-order valence-corrected chi connectivity index (χ0v) is 26.8. The minimum Gasteiger partial charge on any atom is -0.0751 e. The lowest BCUT2D eigenvalue weighted by Crippen LogP contribution is -2.40. The van der Waals surface area contributed by atoms with Crippen molar-refractivity contribution in [1.29, 1.82) is 0 Å². The highest BCUT2D eigenvalue weighted by molar-refractivity contribution is 5.90. The predicted octanol–water partition coefficient (Wildman–Crippen LogP) is 12.0. The molecule has 0 heteroatoms. The van der Waals surface area contributed by atoms with Gasteiger partial charge in [0.2, 0.25) is 0 Å². The summed E-state index contributed by atoms with van der Waals surface area (Å²) in [5.74, 6) is 0.178. The van der Waals surface area contributed by atoms with Crippen molar-refractivity contribution >= 4 is 16.8 Å². The van der Waals surface area contributed by atoms with E-state index in [0.717, 1.165) is 0 Å². The number of aryl methyl sites for hydroxylation is 2. The number of rotatable bonds is 5. The van der Waals surface area contributed by atoms with Gasteiger partial charge in [0.1, 0.15) is 0 Å². The first-order valence-corrected chi connectivity index (χ1v) is 16.8. The van der Waals surface area contributed by atoms with Gasteiger partial charge in [-0.2, -0.15) is 0 Å². The van der Waals surface area contributed by atoms with Gasteiger partial charge >= 0.3 is 0 Å².